The Morgan fingerprint density at radius 3 is 2.79 bits per heavy atom. The van der Waals surface area contributed by atoms with E-state index in [4.69, 9.17) is 21.8 Å². The van der Waals surface area contributed by atoms with Gasteiger partial charge in [0.15, 0.2) is 0 Å². The van der Waals surface area contributed by atoms with Crippen LogP contribution in [0.15, 0.2) is 28.7 Å². The van der Waals surface area contributed by atoms with Crippen LogP contribution in [0.1, 0.15) is 17.9 Å². The van der Waals surface area contributed by atoms with Crippen LogP contribution in [0, 0.1) is 23.7 Å². The van der Waals surface area contributed by atoms with Crippen LogP contribution in [0.2, 0.25) is 5.02 Å². The van der Waals surface area contributed by atoms with Gasteiger partial charge in [-0.05, 0) is 37.6 Å². The van der Waals surface area contributed by atoms with Crippen LogP contribution in [0.25, 0.3) is 11.5 Å². The van der Waals surface area contributed by atoms with Crippen molar-refractivity contribution < 1.29 is 9.21 Å². The molecule has 3 rings (SSSR count). The van der Waals surface area contributed by atoms with Crippen molar-refractivity contribution in [2.45, 2.75) is 19.9 Å². The van der Waals surface area contributed by atoms with Crippen molar-refractivity contribution in [1.29, 1.82) is 5.26 Å². The molecule has 1 atom stereocenters. The number of oxazole rings is 1. The van der Waals surface area contributed by atoms with Gasteiger partial charge >= 0.3 is 0 Å². The summed E-state index contributed by atoms with van der Waals surface area (Å²) in [5, 5.41) is 9.93. The molecule has 1 aliphatic heterocycles. The van der Waals surface area contributed by atoms with Gasteiger partial charge in [-0.25, -0.2) is 4.98 Å². The highest BCUT2D eigenvalue weighted by atomic mass is 35.5. The zero-order chi connectivity index (χ0) is 17.3. The molecule has 1 fully saturated rings. The molecule has 0 radical (unpaired) electrons. The predicted molar refractivity (Wildman–Crippen MR) is 88.8 cm³/mol. The molecule has 7 heteroatoms. The first-order chi connectivity index (χ1) is 11.4. The van der Waals surface area contributed by atoms with Crippen molar-refractivity contribution in [3.63, 3.8) is 0 Å². The number of benzene rings is 1. The minimum absolute atomic E-state index is 0.321. The zero-order valence-corrected chi connectivity index (χ0v) is 14.0. The molecule has 1 aromatic heterocycles. The standard InChI is InChI=1S/C17H17ClN4O2/c1-11-14(8-22-7-6-17(9-19,10-22)16(20)23)21-15(24-11)12-2-4-13(18)5-3-12/h2-5H,6-8,10H2,1H3,(H2,20,23). The summed E-state index contributed by atoms with van der Waals surface area (Å²) in [6, 6.07) is 9.33. The Hall–Kier alpha value is -2.36. The Balaban J connectivity index is 1.77. The number of aromatic nitrogens is 1. The van der Waals surface area contributed by atoms with Gasteiger partial charge in [0.1, 0.15) is 11.2 Å². The smallest absolute Gasteiger partial charge is 0.239 e. The molecule has 2 heterocycles. The van der Waals surface area contributed by atoms with Gasteiger partial charge in [-0.3, -0.25) is 9.69 Å². The number of amides is 1. The van der Waals surface area contributed by atoms with Crippen molar-refractivity contribution in [3.8, 4) is 17.5 Å². The molecule has 0 saturated carbocycles. The summed E-state index contributed by atoms with van der Waals surface area (Å²) < 4.78 is 5.74. The molecule has 1 amide bonds. The number of nitriles is 1. The fourth-order valence-electron chi connectivity index (χ4n) is 2.87. The summed E-state index contributed by atoms with van der Waals surface area (Å²) in [4.78, 5) is 18.1. The quantitative estimate of drug-likeness (QED) is 0.919. The zero-order valence-electron chi connectivity index (χ0n) is 13.3. The number of halogens is 1. The van der Waals surface area contributed by atoms with Gasteiger partial charge in [0.25, 0.3) is 0 Å². The monoisotopic (exact) mass is 344 g/mol. The lowest BCUT2D eigenvalue weighted by molar-refractivity contribution is -0.124. The van der Waals surface area contributed by atoms with Gasteiger partial charge < -0.3 is 10.2 Å². The molecule has 1 aromatic carbocycles. The van der Waals surface area contributed by atoms with E-state index in [-0.39, 0.29) is 0 Å². The van der Waals surface area contributed by atoms with Crippen LogP contribution < -0.4 is 5.73 Å². The first-order valence-corrected chi connectivity index (χ1v) is 7.97. The highest BCUT2D eigenvalue weighted by Crippen LogP contribution is 2.31. The van der Waals surface area contributed by atoms with E-state index in [1.807, 2.05) is 24.0 Å². The second kappa shape index (κ2) is 6.27. The molecular weight excluding hydrogens is 328 g/mol. The van der Waals surface area contributed by atoms with Crippen molar-refractivity contribution in [2.75, 3.05) is 13.1 Å². The van der Waals surface area contributed by atoms with E-state index >= 15 is 0 Å². The molecule has 24 heavy (non-hydrogen) atoms. The SMILES string of the molecule is Cc1oc(-c2ccc(Cl)cc2)nc1CN1CCC(C#N)(C(N)=O)C1. The molecule has 1 unspecified atom stereocenters. The average molecular weight is 345 g/mol. The average Bonchev–Trinajstić information content (AvgIpc) is 3.14. The van der Waals surface area contributed by atoms with Crippen molar-refractivity contribution in [2.24, 2.45) is 11.1 Å². The molecule has 2 N–H and O–H groups in total. The fourth-order valence-corrected chi connectivity index (χ4v) is 3.00. The maximum atomic E-state index is 11.6. The largest absolute Gasteiger partial charge is 0.441 e. The van der Waals surface area contributed by atoms with E-state index in [2.05, 4.69) is 11.1 Å². The van der Waals surface area contributed by atoms with Gasteiger partial charge in [-0.2, -0.15) is 5.26 Å². The summed E-state index contributed by atoms with van der Waals surface area (Å²) in [5.41, 5.74) is 5.92. The predicted octanol–water partition coefficient (Wildman–Crippen LogP) is 2.50. The molecule has 2 aromatic rings. The number of carbonyl (C=O) groups excluding carboxylic acids is 1. The van der Waals surface area contributed by atoms with Crippen LogP contribution in [-0.2, 0) is 11.3 Å². The van der Waals surface area contributed by atoms with Gasteiger partial charge in [-0.1, -0.05) is 11.6 Å². The highest BCUT2D eigenvalue weighted by Gasteiger charge is 2.43. The van der Waals surface area contributed by atoms with E-state index in [0.29, 0.717) is 42.7 Å². The first-order valence-electron chi connectivity index (χ1n) is 7.59. The Labute approximate surface area is 144 Å². The number of nitrogens with two attached hydrogens (primary N) is 1. The third-order valence-electron chi connectivity index (χ3n) is 4.39. The van der Waals surface area contributed by atoms with E-state index < -0.39 is 11.3 Å². The van der Waals surface area contributed by atoms with Crippen LogP contribution >= 0.6 is 11.6 Å². The molecule has 1 aliphatic rings. The van der Waals surface area contributed by atoms with E-state index in [0.717, 1.165) is 11.3 Å². The summed E-state index contributed by atoms with van der Waals surface area (Å²) in [5.74, 6) is 0.680. The maximum absolute atomic E-state index is 11.6. The minimum Gasteiger partial charge on any atom is -0.441 e. The van der Waals surface area contributed by atoms with Crippen molar-refractivity contribution in [3.05, 3.63) is 40.7 Å². The Bertz CT molecular complexity index is 809. The van der Waals surface area contributed by atoms with Crippen LogP contribution in [0.4, 0.5) is 0 Å². The molecule has 6 nitrogen and oxygen atoms in total. The van der Waals surface area contributed by atoms with Gasteiger partial charge in [0, 0.05) is 30.2 Å². The summed E-state index contributed by atoms with van der Waals surface area (Å²) in [7, 11) is 0. The second-order valence-corrected chi connectivity index (χ2v) is 6.48. The Kier molecular flexibility index (Phi) is 4.31. The third kappa shape index (κ3) is 3.01. The number of rotatable bonds is 4. The minimum atomic E-state index is -1.10. The van der Waals surface area contributed by atoms with Gasteiger partial charge in [0.2, 0.25) is 11.8 Å². The van der Waals surface area contributed by atoms with Crippen molar-refractivity contribution in [1.82, 2.24) is 9.88 Å². The molecule has 0 spiro atoms. The highest BCUT2D eigenvalue weighted by molar-refractivity contribution is 6.30. The maximum Gasteiger partial charge on any atom is 0.239 e. The van der Waals surface area contributed by atoms with Crippen molar-refractivity contribution >= 4 is 17.5 Å². The van der Waals surface area contributed by atoms with Gasteiger partial charge in [0.05, 0.1) is 11.8 Å². The van der Waals surface area contributed by atoms with E-state index in [1.54, 1.807) is 12.1 Å². The Morgan fingerprint density at radius 2 is 2.21 bits per heavy atom. The molecule has 124 valence electrons. The topological polar surface area (TPSA) is 96.2 Å². The van der Waals surface area contributed by atoms with Gasteiger partial charge in [-0.15, -0.1) is 0 Å². The summed E-state index contributed by atoms with van der Waals surface area (Å²) in [6.07, 6.45) is 0.444. The van der Waals surface area contributed by atoms with E-state index in [9.17, 15) is 10.1 Å². The number of primary amides is 1. The number of hydrogen-bond donors (Lipinski definition) is 1. The first kappa shape index (κ1) is 16.5. The lowest BCUT2D eigenvalue weighted by atomic mass is 9.88. The molecular formula is C17H17ClN4O2. The number of aryl methyl sites for hydroxylation is 1. The number of likely N-dealkylation sites (tertiary alicyclic amines) is 1. The van der Waals surface area contributed by atoms with E-state index in [1.165, 1.54) is 0 Å². The van der Waals surface area contributed by atoms with Crippen LogP contribution in [0.5, 0.6) is 0 Å². The number of nitrogens with zero attached hydrogens (tertiary/aromatic N) is 3. The normalized spacial score (nSPS) is 20.9. The second-order valence-electron chi connectivity index (χ2n) is 6.05. The number of hydrogen-bond acceptors (Lipinski definition) is 5. The fraction of sp³-hybridized carbons (Fsp3) is 0.353. The molecule has 0 bridgehead atoms. The van der Waals surface area contributed by atoms with Crippen LogP contribution in [0.3, 0.4) is 0 Å². The molecule has 0 aliphatic carbocycles. The number of carbonyl (C=O) groups is 1. The lowest BCUT2D eigenvalue weighted by Gasteiger charge is -2.17. The third-order valence-corrected chi connectivity index (χ3v) is 4.64. The summed E-state index contributed by atoms with van der Waals surface area (Å²) in [6.45, 7) is 3.31. The van der Waals surface area contributed by atoms with Crippen LogP contribution in [-0.4, -0.2) is 28.9 Å². The Morgan fingerprint density at radius 1 is 1.50 bits per heavy atom. The summed E-state index contributed by atoms with van der Waals surface area (Å²) >= 11 is 5.89. The molecule has 1 saturated heterocycles. The lowest BCUT2D eigenvalue weighted by Crippen LogP contribution is -2.38.